The van der Waals surface area contributed by atoms with Crippen LogP contribution in [0.4, 0.5) is 0 Å². The number of ether oxygens (including phenoxy) is 1. The van der Waals surface area contributed by atoms with Crippen LogP contribution in [0.1, 0.15) is 19.4 Å². The van der Waals surface area contributed by atoms with Crippen molar-refractivity contribution < 1.29 is 9.53 Å². The minimum atomic E-state index is -0.478. The average molecular weight is 306 g/mol. The Hall–Kier alpha value is -2.24. The Balaban J connectivity index is 2.33. The number of nitrogens with zero attached hydrogens (tertiary/aromatic N) is 1. The number of hydrogen-bond donors (Lipinski definition) is 3. The second-order valence-electron chi connectivity index (χ2n) is 5.42. The van der Waals surface area contributed by atoms with E-state index in [-0.39, 0.29) is 6.61 Å². The summed E-state index contributed by atoms with van der Waals surface area (Å²) >= 11 is 0. The lowest BCUT2D eigenvalue weighted by Gasteiger charge is -2.13. The smallest absolute Gasteiger partial charge is 0.255 e. The number of hydrogen-bond acceptors (Lipinski definition) is 3. The summed E-state index contributed by atoms with van der Waals surface area (Å²) in [5.41, 5.74) is 6.21. The number of nitrogens with one attached hydrogen (secondary N) is 2. The fourth-order valence-electron chi connectivity index (χ4n) is 1.75. The van der Waals surface area contributed by atoms with Gasteiger partial charge in [-0.15, -0.1) is 0 Å². The summed E-state index contributed by atoms with van der Waals surface area (Å²) in [5.74, 6) is 1.56. The molecule has 0 fully saturated rings. The molecule has 0 aliphatic rings. The summed E-state index contributed by atoms with van der Waals surface area (Å²) in [5, 5.41) is 6.54. The lowest BCUT2D eigenvalue weighted by Crippen LogP contribution is -2.39. The zero-order valence-electron chi connectivity index (χ0n) is 13.6. The molecule has 0 radical (unpaired) electrons. The Kier molecular flexibility index (Phi) is 7.81. The number of rotatable bonds is 8. The number of aliphatic imine (C=N–C) groups is 1. The first-order valence-electron chi connectivity index (χ1n) is 7.45. The molecule has 4 N–H and O–H groups in total. The molecule has 0 heterocycles. The van der Waals surface area contributed by atoms with Gasteiger partial charge in [0, 0.05) is 20.1 Å². The molecule has 22 heavy (non-hydrogen) atoms. The summed E-state index contributed by atoms with van der Waals surface area (Å²) in [6.45, 7) is 5.90. The highest BCUT2D eigenvalue weighted by molar-refractivity contribution is 5.79. The molecule has 0 unspecified atom stereocenters. The largest absolute Gasteiger partial charge is 0.484 e. The SMILES string of the molecule is CN=C(NCCc1ccc(OCC(N)=O)cc1)NCC(C)C. The van der Waals surface area contributed by atoms with Gasteiger partial charge in [0.25, 0.3) is 5.91 Å². The molecule has 1 amide bonds. The van der Waals surface area contributed by atoms with Crippen LogP contribution in [0.15, 0.2) is 29.3 Å². The van der Waals surface area contributed by atoms with E-state index in [0.29, 0.717) is 11.7 Å². The second kappa shape index (κ2) is 9.65. The van der Waals surface area contributed by atoms with Crippen LogP contribution in [0.25, 0.3) is 0 Å². The minimum Gasteiger partial charge on any atom is -0.484 e. The Bertz CT molecular complexity index is 483. The van der Waals surface area contributed by atoms with E-state index >= 15 is 0 Å². The lowest BCUT2D eigenvalue weighted by molar-refractivity contribution is -0.119. The molecular formula is C16H26N4O2. The number of amides is 1. The summed E-state index contributed by atoms with van der Waals surface area (Å²) in [7, 11) is 1.76. The third-order valence-corrected chi connectivity index (χ3v) is 2.91. The maximum Gasteiger partial charge on any atom is 0.255 e. The van der Waals surface area contributed by atoms with Gasteiger partial charge in [-0.2, -0.15) is 0 Å². The van der Waals surface area contributed by atoms with Gasteiger partial charge in [0.2, 0.25) is 0 Å². The standard InChI is InChI=1S/C16H26N4O2/c1-12(2)10-20-16(18-3)19-9-8-13-4-6-14(7-5-13)22-11-15(17)21/h4-7,12H,8-11H2,1-3H3,(H2,17,21)(H2,18,19,20). The van der Waals surface area contributed by atoms with Crippen LogP contribution in [0, 0.1) is 5.92 Å². The maximum atomic E-state index is 10.6. The first-order chi connectivity index (χ1) is 10.5. The molecule has 0 atom stereocenters. The molecule has 0 bridgehead atoms. The number of benzene rings is 1. The van der Waals surface area contributed by atoms with Crippen molar-refractivity contribution in [2.24, 2.45) is 16.6 Å². The van der Waals surface area contributed by atoms with E-state index in [4.69, 9.17) is 10.5 Å². The molecule has 0 aromatic heterocycles. The fourth-order valence-corrected chi connectivity index (χ4v) is 1.75. The Labute approximate surface area is 132 Å². The van der Waals surface area contributed by atoms with Gasteiger partial charge in [-0.3, -0.25) is 9.79 Å². The number of carbonyl (C=O) groups excluding carboxylic acids is 1. The highest BCUT2D eigenvalue weighted by atomic mass is 16.5. The van der Waals surface area contributed by atoms with Crippen LogP contribution in [0.5, 0.6) is 5.75 Å². The molecule has 1 rings (SSSR count). The molecule has 0 aliphatic heterocycles. The molecule has 0 aliphatic carbocycles. The Morgan fingerprint density at radius 3 is 2.50 bits per heavy atom. The Morgan fingerprint density at radius 1 is 1.27 bits per heavy atom. The van der Waals surface area contributed by atoms with Crippen molar-refractivity contribution in [2.75, 3.05) is 26.7 Å². The molecule has 0 saturated heterocycles. The lowest BCUT2D eigenvalue weighted by atomic mass is 10.1. The first kappa shape index (κ1) is 17.8. The molecule has 0 spiro atoms. The quantitative estimate of drug-likeness (QED) is 0.492. The summed E-state index contributed by atoms with van der Waals surface area (Å²) < 4.78 is 5.22. The van der Waals surface area contributed by atoms with E-state index < -0.39 is 5.91 Å². The van der Waals surface area contributed by atoms with Crippen LogP contribution in [-0.4, -0.2) is 38.6 Å². The van der Waals surface area contributed by atoms with Crippen molar-refractivity contribution in [1.29, 1.82) is 0 Å². The number of guanidine groups is 1. The van der Waals surface area contributed by atoms with E-state index in [0.717, 1.165) is 25.5 Å². The molecule has 1 aromatic rings. The summed E-state index contributed by atoms with van der Waals surface area (Å²) in [4.78, 5) is 14.8. The molecule has 6 nitrogen and oxygen atoms in total. The average Bonchev–Trinajstić information content (AvgIpc) is 2.49. The predicted octanol–water partition coefficient (Wildman–Crippen LogP) is 0.914. The third-order valence-electron chi connectivity index (χ3n) is 2.91. The van der Waals surface area contributed by atoms with E-state index in [1.807, 2.05) is 24.3 Å². The van der Waals surface area contributed by atoms with Crippen molar-refractivity contribution >= 4 is 11.9 Å². The first-order valence-corrected chi connectivity index (χ1v) is 7.45. The van der Waals surface area contributed by atoms with Crippen LogP contribution in [0.2, 0.25) is 0 Å². The molecule has 0 saturated carbocycles. The van der Waals surface area contributed by atoms with Crippen LogP contribution in [0.3, 0.4) is 0 Å². The monoisotopic (exact) mass is 306 g/mol. The van der Waals surface area contributed by atoms with Gasteiger partial charge in [0.15, 0.2) is 12.6 Å². The molecule has 122 valence electrons. The van der Waals surface area contributed by atoms with E-state index in [1.165, 1.54) is 5.56 Å². The van der Waals surface area contributed by atoms with E-state index in [1.54, 1.807) is 7.05 Å². The molecule has 6 heteroatoms. The van der Waals surface area contributed by atoms with Crippen molar-refractivity contribution in [3.63, 3.8) is 0 Å². The van der Waals surface area contributed by atoms with Gasteiger partial charge in [-0.25, -0.2) is 0 Å². The van der Waals surface area contributed by atoms with E-state index in [2.05, 4.69) is 29.5 Å². The third kappa shape index (κ3) is 7.52. The predicted molar refractivity (Wildman–Crippen MR) is 89.0 cm³/mol. The number of primary amides is 1. The number of carbonyl (C=O) groups is 1. The van der Waals surface area contributed by atoms with E-state index in [9.17, 15) is 4.79 Å². The molecule has 1 aromatic carbocycles. The van der Waals surface area contributed by atoms with Gasteiger partial charge in [-0.05, 0) is 30.0 Å². The van der Waals surface area contributed by atoms with Crippen LogP contribution < -0.4 is 21.1 Å². The van der Waals surface area contributed by atoms with Crippen LogP contribution in [-0.2, 0) is 11.2 Å². The molecular weight excluding hydrogens is 280 g/mol. The van der Waals surface area contributed by atoms with Gasteiger partial charge in [-0.1, -0.05) is 26.0 Å². The highest BCUT2D eigenvalue weighted by Crippen LogP contribution is 2.12. The van der Waals surface area contributed by atoms with Crippen LogP contribution >= 0.6 is 0 Å². The Morgan fingerprint density at radius 2 is 1.95 bits per heavy atom. The summed E-state index contributed by atoms with van der Waals surface area (Å²) in [6.07, 6.45) is 0.873. The fraction of sp³-hybridized carbons (Fsp3) is 0.500. The highest BCUT2D eigenvalue weighted by Gasteiger charge is 2.01. The van der Waals surface area contributed by atoms with Gasteiger partial charge < -0.3 is 21.1 Å². The minimum absolute atomic E-state index is 0.0985. The topological polar surface area (TPSA) is 88.7 Å². The second-order valence-corrected chi connectivity index (χ2v) is 5.42. The van der Waals surface area contributed by atoms with Crippen molar-refractivity contribution in [3.8, 4) is 5.75 Å². The number of nitrogens with two attached hydrogens (primary N) is 1. The van der Waals surface area contributed by atoms with Gasteiger partial charge in [0.1, 0.15) is 5.75 Å². The van der Waals surface area contributed by atoms with Gasteiger partial charge in [0.05, 0.1) is 0 Å². The zero-order chi connectivity index (χ0) is 16.4. The normalized spacial score (nSPS) is 11.4. The zero-order valence-corrected chi connectivity index (χ0v) is 13.6. The van der Waals surface area contributed by atoms with Crippen molar-refractivity contribution in [1.82, 2.24) is 10.6 Å². The van der Waals surface area contributed by atoms with Gasteiger partial charge >= 0.3 is 0 Å². The maximum absolute atomic E-state index is 10.6. The van der Waals surface area contributed by atoms with Crippen molar-refractivity contribution in [3.05, 3.63) is 29.8 Å². The van der Waals surface area contributed by atoms with Crippen molar-refractivity contribution in [2.45, 2.75) is 20.3 Å². The summed E-state index contributed by atoms with van der Waals surface area (Å²) in [6, 6.07) is 7.62.